The second-order valence-corrected chi connectivity index (χ2v) is 9.59. The van der Waals surface area contributed by atoms with Crippen LogP contribution in [-0.4, -0.2) is 62.9 Å². The third-order valence-electron chi connectivity index (χ3n) is 5.39. The Labute approximate surface area is 183 Å². The van der Waals surface area contributed by atoms with Crippen molar-refractivity contribution in [3.05, 3.63) is 44.0 Å². The van der Waals surface area contributed by atoms with Gasteiger partial charge in [-0.25, -0.2) is 0 Å². The van der Waals surface area contributed by atoms with Crippen molar-refractivity contribution in [3.8, 4) is 0 Å². The highest BCUT2D eigenvalue weighted by molar-refractivity contribution is 8.01. The van der Waals surface area contributed by atoms with Gasteiger partial charge >= 0.3 is 0 Å². The minimum absolute atomic E-state index is 0.0273. The molecule has 3 rings (SSSR count). The molecular weight excluding hydrogens is 426 g/mol. The summed E-state index contributed by atoms with van der Waals surface area (Å²) in [4.78, 5) is 47.1. The van der Waals surface area contributed by atoms with Gasteiger partial charge < -0.3 is 10.2 Å². The lowest BCUT2D eigenvalue weighted by molar-refractivity contribution is -0.394. The molecule has 0 radical (unpaired) electrons. The lowest BCUT2D eigenvalue weighted by Gasteiger charge is -2.39. The lowest BCUT2D eigenvalue weighted by atomic mass is 10.0. The maximum atomic E-state index is 12.9. The molecular formula is C19H25N5O6S. The van der Waals surface area contributed by atoms with E-state index in [-0.39, 0.29) is 22.4 Å². The third kappa shape index (κ3) is 5.31. The van der Waals surface area contributed by atoms with Crippen LogP contribution in [0.3, 0.4) is 0 Å². The summed E-state index contributed by atoms with van der Waals surface area (Å²) in [5, 5.41) is 28.5. The summed E-state index contributed by atoms with van der Waals surface area (Å²) in [6.07, 6.45) is 1.21. The second kappa shape index (κ2) is 9.18. The summed E-state index contributed by atoms with van der Waals surface area (Å²) in [5.74, 6) is 0.511. The van der Waals surface area contributed by atoms with Gasteiger partial charge in [0.25, 0.3) is 17.3 Å². The van der Waals surface area contributed by atoms with E-state index >= 15 is 0 Å². The van der Waals surface area contributed by atoms with E-state index in [0.717, 1.165) is 18.2 Å². The maximum Gasteiger partial charge on any atom is 0.277 e. The highest BCUT2D eigenvalue weighted by Gasteiger charge is 2.44. The Hall–Kier alpha value is -2.73. The van der Waals surface area contributed by atoms with E-state index in [1.54, 1.807) is 16.7 Å². The van der Waals surface area contributed by atoms with Crippen LogP contribution >= 0.6 is 11.8 Å². The van der Waals surface area contributed by atoms with Gasteiger partial charge in [0.1, 0.15) is 0 Å². The smallest absolute Gasteiger partial charge is 0.277 e. The number of nitro benzene ring substituents is 2. The van der Waals surface area contributed by atoms with Gasteiger partial charge in [0.2, 0.25) is 5.91 Å². The van der Waals surface area contributed by atoms with Gasteiger partial charge in [-0.15, -0.1) is 11.8 Å². The summed E-state index contributed by atoms with van der Waals surface area (Å²) >= 11 is 1.67. The largest absolute Gasteiger partial charge is 0.354 e. The molecule has 2 aliphatic heterocycles. The van der Waals surface area contributed by atoms with Crippen LogP contribution in [0.4, 0.5) is 11.4 Å². The molecule has 0 bridgehead atoms. The average molecular weight is 452 g/mol. The zero-order chi connectivity index (χ0) is 22.8. The number of nitrogens with zero attached hydrogens (tertiary/aromatic N) is 3. The van der Waals surface area contributed by atoms with Crippen LogP contribution < -0.4 is 10.6 Å². The molecule has 1 aromatic rings. The molecule has 168 valence electrons. The number of likely N-dealkylation sites (tertiary alicyclic amines) is 1. The van der Waals surface area contributed by atoms with Gasteiger partial charge in [-0.3, -0.25) is 35.1 Å². The molecule has 2 fully saturated rings. The average Bonchev–Trinajstić information content (AvgIpc) is 3.15. The normalized spacial score (nSPS) is 20.1. The van der Waals surface area contributed by atoms with Gasteiger partial charge in [-0.05, 0) is 18.8 Å². The van der Waals surface area contributed by atoms with E-state index in [1.165, 1.54) is 0 Å². The summed E-state index contributed by atoms with van der Waals surface area (Å²) in [5.41, 5.74) is -1.06. The van der Waals surface area contributed by atoms with E-state index in [1.807, 2.05) is 13.8 Å². The summed E-state index contributed by atoms with van der Waals surface area (Å²) in [6, 6.07) is 2.69. The van der Waals surface area contributed by atoms with Crippen LogP contribution in [0, 0.1) is 26.1 Å². The van der Waals surface area contributed by atoms with Crippen molar-refractivity contribution in [3.63, 3.8) is 0 Å². The number of benzene rings is 1. The Kier molecular flexibility index (Phi) is 6.80. The van der Waals surface area contributed by atoms with E-state index in [2.05, 4.69) is 10.6 Å². The third-order valence-corrected chi connectivity index (χ3v) is 6.97. The number of piperidine rings is 1. The minimum Gasteiger partial charge on any atom is -0.354 e. The summed E-state index contributed by atoms with van der Waals surface area (Å²) in [7, 11) is 0. The van der Waals surface area contributed by atoms with Crippen LogP contribution in [-0.2, 0) is 4.79 Å². The van der Waals surface area contributed by atoms with E-state index in [0.29, 0.717) is 44.1 Å². The number of rotatable bonds is 6. The fourth-order valence-corrected chi connectivity index (χ4v) is 5.10. The lowest BCUT2D eigenvalue weighted by Crippen LogP contribution is -2.54. The number of nitro groups is 2. The molecule has 0 aromatic heterocycles. The molecule has 2 amide bonds. The first-order valence-corrected chi connectivity index (χ1v) is 11.0. The van der Waals surface area contributed by atoms with Crippen molar-refractivity contribution in [1.29, 1.82) is 0 Å². The minimum atomic E-state index is -0.751. The zero-order valence-electron chi connectivity index (χ0n) is 17.3. The van der Waals surface area contributed by atoms with Gasteiger partial charge in [-0.2, -0.15) is 0 Å². The molecule has 12 heteroatoms. The Morgan fingerprint density at radius 2 is 1.77 bits per heavy atom. The van der Waals surface area contributed by atoms with Gasteiger partial charge in [0.05, 0.1) is 32.4 Å². The number of hydrogen-bond acceptors (Lipinski definition) is 8. The standard InChI is InChI=1S/C19H25N5O6S/c1-12(2)10-20-17(25)16-11-31-19(21-16)3-5-22(6-4-19)18(26)13-7-14(23(27)28)9-15(8-13)24(29)30/h7-9,12,16,21H,3-6,10-11H2,1-2H3,(H,20,25). The molecule has 0 saturated carbocycles. The van der Waals surface area contributed by atoms with Crippen LogP contribution in [0.25, 0.3) is 0 Å². The van der Waals surface area contributed by atoms with Crippen molar-refractivity contribution in [1.82, 2.24) is 15.5 Å². The highest BCUT2D eigenvalue weighted by atomic mass is 32.2. The highest BCUT2D eigenvalue weighted by Crippen LogP contribution is 2.39. The number of carbonyl (C=O) groups is 2. The van der Waals surface area contributed by atoms with Gasteiger partial charge in [-0.1, -0.05) is 13.8 Å². The monoisotopic (exact) mass is 451 g/mol. The SMILES string of the molecule is CC(C)CNC(=O)C1CSC2(CCN(C(=O)c3cc([N+](=O)[O-])cc([N+](=O)[O-])c3)CC2)N1. The number of amides is 2. The predicted molar refractivity (Wildman–Crippen MR) is 115 cm³/mol. The topological polar surface area (TPSA) is 148 Å². The number of thioether (sulfide) groups is 1. The van der Waals surface area contributed by atoms with Crippen LogP contribution in [0.5, 0.6) is 0 Å². The maximum absolute atomic E-state index is 12.9. The molecule has 1 atom stereocenters. The van der Waals surface area contributed by atoms with Crippen LogP contribution in [0.1, 0.15) is 37.0 Å². The molecule has 11 nitrogen and oxygen atoms in total. The van der Waals surface area contributed by atoms with Crippen molar-refractivity contribution >= 4 is 35.0 Å². The fraction of sp³-hybridized carbons (Fsp3) is 0.579. The number of carbonyl (C=O) groups excluding carboxylic acids is 2. The molecule has 2 saturated heterocycles. The first-order chi connectivity index (χ1) is 14.6. The van der Waals surface area contributed by atoms with Crippen LogP contribution in [0.2, 0.25) is 0 Å². The Balaban J connectivity index is 1.64. The summed E-state index contributed by atoms with van der Waals surface area (Å²) in [6.45, 7) is 5.44. The molecule has 31 heavy (non-hydrogen) atoms. The van der Waals surface area contributed by atoms with Crippen molar-refractivity contribution in [2.75, 3.05) is 25.4 Å². The fourth-order valence-electron chi connectivity index (χ4n) is 3.68. The van der Waals surface area contributed by atoms with Gasteiger partial charge in [0, 0.05) is 37.5 Å². The van der Waals surface area contributed by atoms with Crippen molar-refractivity contribution in [2.45, 2.75) is 37.6 Å². The van der Waals surface area contributed by atoms with Crippen molar-refractivity contribution < 1.29 is 19.4 Å². The molecule has 2 aliphatic rings. The van der Waals surface area contributed by atoms with E-state index in [4.69, 9.17) is 0 Å². The van der Waals surface area contributed by atoms with Crippen LogP contribution in [0.15, 0.2) is 18.2 Å². The van der Waals surface area contributed by atoms with Crippen molar-refractivity contribution in [2.24, 2.45) is 5.92 Å². The van der Waals surface area contributed by atoms with E-state index in [9.17, 15) is 29.8 Å². The molecule has 1 spiro atoms. The molecule has 0 aliphatic carbocycles. The molecule has 1 aromatic carbocycles. The number of nitrogens with one attached hydrogen (secondary N) is 2. The molecule has 2 N–H and O–H groups in total. The molecule has 1 unspecified atom stereocenters. The zero-order valence-corrected chi connectivity index (χ0v) is 18.1. The number of non-ortho nitro benzene ring substituents is 2. The Morgan fingerprint density at radius 1 is 1.19 bits per heavy atom. The van der Waals surface area contributed by atoms with Gasteiger partial charge in [0.15, 0.2) is 0 Å². The first-order valence-electron chi connectivity index (χ1n) is 10.0. The van der Waals surface area contributed by atoms with E-state index < -0.39 is 27.1 Å². The first kappa shape index (κ1) is 22.9. The Morgan fingerprint density at radius 3 is 2.29 bits per heavy atom. The quantitative estimate of drug-likeness (QED) is 0.492. The predicted octanol–water partition coefficient (Wildman–Crippen LogP) is 1.91. The number of hydrogen-bond donors (Lipinski definition) is 2. The summed E-state index contributed by atoms with van der Waals surface area (Å²) < 4.78 is 0. The molecule has 2 heterocycles. The second-order valence-electron chi connectivity index (χ2n) is 8.19. The Bertz CT molecular complexity index is 868.